The fraction of sp³-hybridized carbons (Fsp3) is 0.300. The van der Waals surface area contributed by atoms with E-state index in [1.807, 2.05) is 0 Å². The van der Waals surface area contributed by atoms with Crippen molar-refractivity contribution in [3.63, 3.8) is 0 Å². The average Bonchev–Trinajstić information content (AvgIpc) is 2.23. The van der Waals surface area contributed by atoms with E-state index in [2.05, 4.69) is 26.0 Å². The summed E-state index contributed by atoms with van der Waals surface area (Å²) < 4.78 is 32.0. The van der Waals surface area contributed by atoms with Gasteiger partial charge >= 0.3 is 12.0 Å². The molecule has 86 valence electrons. The van der Waals surface area contributed by atoms with Crippen LogP contribution in [0, 0.1) is 0 Å². The lowest BCUT2D eigenvalue weighted by molar-refractivity contribution is -0.104. The number of ether oxygens (including phenoxy) is 1. The molecule has 0 aromatic heterocycles. The molecule has 1 saturated heterocycles. The number of carbonyl (C=O) groups excluding carboxylic acids is 1. The van der Waals surface area contributed by atoms with Crippen molar-refractivity contribution < 1.29 is 18.3 Å². The SMILES string of the molecule is O=C1N[C@H](c2ccc(Br)cc2)C(F)(F)CO1. The van der Waals surface area contributed by atoms with E-state index in [-0.39, 0.29) is 0 Å². The maximum absolute atomic E-state index is 13.5. The third kappa shape index (κ3) is 2.16. The highest BCUT2D eigenvalue weighted by molar-refractivity contribution is 9.10. The van der Waals surface area contributed by atoms with E-state index in [4.69, 9.17) is 0 Å². The number of halogens is 3. The van der Waals surface area contributed by atoms with Crippen LogP contribution >= 0.6 is 15.9 Å². The average molecular weight is 292 g/mol. The van der Waals surface area contributed by atoms with Gasteiger partial charge in [0.2, 0.25) is 0 Å². The largest absolute Gasteiger partial charge is 0.443 e. The molecule has 1 aliphatic heterocycles. The van der Waals surface area contributed by atoms with E-state index in [9.17, 15) is 13.6 Å². The maximum Gasteiger partial charge on any atom is 0.408 e. The molecule has 3 nitrogen and oxygen atoms in total. The third-order valence-electron chi connectivity index (χ3n) is 2.28. The van der Waals surface area contributed by atoms with Crippen LogP contribution < -0.4 is 5.32 Å². The zero-order valence-electron chi connectivity index (χ0n) is 8.04. The van der Waals surface area contributed by atoms with Gasteiger partial charge in [-0.15, -0.1) is 0 Å². The van der Waals surface area contributed by atoms with Gasteiger partial charge in [-0.3, -0.25) is 0 Å². The van der Waals surface area contributed by atoms with E-state index in [1.165, 1.54) is 12.1 Å². The van der Waals surface area contributed by atoms with Gasteiger partial charge in [0.05, 0.1) is 0 Å². The Morgan fingerprint density at radius 1 is 1.38 bits per heavy atom. The summed E-state index contributed by atoms with van der Waals surface area (Å²) in [5, 5.41) is 2.12. The van der Waals surface area contributed by atoms with Crippen molar-refractivity contribution in [2.45, 2.75) is 12.0 Å². The van der Waals surface area contributed by atoms with Crippen LogP contribution in [0.5, 0.6) is 0 Å². The molecule has 1 fully saturated rings. The van der Waals surface area contributed by atoms with Crippen LogP contribution in [0.3, 0.4) is 0 Å². The molecule has 0 saturated carbocycles. The number of rotatable bonds is 1. The number of carbonyl (C=O) groups is 1. The molecule has 2 rings (SSSR count). The Balaban J connectivity index is 2.30. The minimum absolute atomic E-state index is 0.352. The Bertz CT molecular complexity index is 408. The number of cyclic esters (lactones) is 1. The van der Waals surface area contributed by atoms with Crippen molar-refractivity contribution in [1.82, 2.24) is 5.32 Å². The summed E-state index contributed by atoms with van der Waals surface area (Å²) >= 11 is 3.21. The lowest BCUT2D eigenvalue weighted by Gasteiger charge is -2.31. The summed E-state index contributed by atoms with van der Waals surface area (Å²) in [5.41, 5.74) is 0.352. The van der Waals surface area contributed by atoms with Crippen LogP contribution in [0.1, 0.15) is 11.6 Å². The van der Waals surface area contributed by atoms with Crippen LogP contribution in [0.15, 0.2) is 28.7 Å². The Morgan fingerprint density at radius 2 is 2.00 bits per heavy atom. The van der Waals surface area contributed by atoms with Crippen LogP contribution in [-0.4, -0.2) is 18.6 Å². The van der Waals surface area contributed by atoms with Crippen molar-refractivity contribution in [3.8, 4) is 0 Å². The van der Waals surface area contributed by atoms with E-state index >= 15 is 0 Å². The van der Waals surface area contributed by atoms with Crippen LogP contribution in [-0.2, 0) is 4.74 Å². The van der Waals surface area contributed by atoms with Gasteiger partial charge in [-0.25, -0.2) is 13.6 Å². The van der Waals surface area contributed by atoms with Gasteiger partial charge in [-0.05, 0) is 17.7 Å². The van der Waals surface area contributed by atoms with Gasteiger partial charge in [-0.2, -0.15) is 0 Å². The summed E-state index contributed by atoms with van der Waals surface area (Å²) in [5.74, 6) is -3.10. The van der Waals surface area contributed by atoms with Gasteiger partial charge in [0.1, 0.15) is 6.04 Å². The minimum Gasteiger partial charge on any atom is -0.443 e. The Morgan fingerprint density at radius 3 is 2.62 bits per heavy atom. The predicted molar refractivity (Wildman–Crippen MR) is 56.3 cm³/mol. The van der Waals surface area contributed by atoms with E-state index in [0.29, 0.717) is 5.56 Å². The lowest BCUT2D eigenvalue weighted by atomic mass is 10.0. The van der Waals surface area contributed by atoms with Crippen LogP contribution in [0.4, 0.5) is 13.6 Å². The highest BCUT2D eigenvalue weighted by Crippen LogP contribution is 2.34. The van der Waals surface area contributed by atoms with Gasteiger partial charge in [0.25, 0.3) is 0 Å². The van der Waals surface area contributed by atoms with E-state index in [1.54, 1.807) is 12.1 Å². The van der Waals surface area contributed by atoms with E-state index < -0.39 is 24.7 Å². The highest BCUT2D eigenvalue weighted by Gasteiger charge is 2.46. The Labute approximate surface area is 98.9 Å². The Hall–Kier alpha value is -1.17. The predicted octanol–water partition coefficient (Wildman–Crippen LogP) is 2.87. The van der Waals surface area contributed by atoms with Crippen LogP contribution in [0.2, 0.25) is 0 Å². The topological polar surface area (TPSA) is 38.3 Å². The summed E-state index contributed by atoms with van der Waals surface area (Å²) in [6.07, 6.45) is -0.821. The molecule has 0 radical (unpaired) electrons. The zero-order valence-corrected chi connectivity index (χ0v) is 9.63. The van der Waals surface area contributed by atoms with Gasteiger partial charge < -0.3 is 10.1 Å². The molecule has 1 aliphatic rings. The van der Waals surface area contributed by atoms with Crippen LogP contribution in [0.25, 0.3) is 0 Å². The van der Waals surface area contributed by atoms with Crippen molar-refractivity contribution in [2.75, 3.05) is 6.61 Å². The quantitative estimate of drug-likeness (QED) is 0.864. The first-order chi connectivity index (χ1) is 7.49. The molecular weight excluding hydrogens is 284 g/mol. The summed E-state index contributed by atoms with van der Waals surface area (Å²) in [6.45, 7) is -0.889. The maximum atomic E-state index is 13.5. The molecular formula is C10H8BrF2NO2. The fourth-order valence-electron chi connectivity index (χ4n) is 1.49. The minimum atomic E-state index is -3.10. The number of hydrogen-bond donors (Lipinski definition) is 1. The molecule has 1 N–H and O–H groups in total. The van der Waals surface area contributed by atoms with E-state index in [0.717, 1.165) is 4.47 Å². The molecule has 1 aromatic carbocycles. The standard InChI is InChI=1S/C10H8BrF2NO2/c11-7-3-1-6(2-4-7)8-10(12,13)5-16-9(15)14-8/h1-4,8H,5H2,(H,14,15)/t8-/m1/s1. The second kappa shape index (κ2) is 4.01. The molecule has 16 heavy (non-hydrogen) atoms. The lowest BCUT2D eigenvalue weighted by Crippen LogP contribution is -2.49. The molecule has 0 spiro atoms. The zero-order chi connectivity index (χ0) is 11.8. The summed E-state index contributed by atoms with van der Waals surface area (Å²) in [4.78, 5) is 10.9. The first-order valence-corrected chi connectivity index (χ1v) is 5.35. The normalized spacial score (nSPS) is 23.4. The summed E-state index contributed by atoms with van der Waals surface area (Å²) in [7, 11) is 0. The molecule has 0 bridgehead atoms. The van der Waals surface area contributed by atoms with Crippen molar-refractivity contribution in [1.29, 1.82) is 0 Å². The van der Waals surface area contributed by atoms with Gasteiger partial charge in [0.15, 0.2) is 6.61 Å². The first kappa shape index (κ1) is 11.3. The third-order valence-corrected chi connectivity index (χ3v) is 2.81. The molecule has 1 atom stereocenters. The second-order valence-electron chi connectivity index (χ2n) is 3.47. The van der Waals surface area contributed by atoms with Crippen molar-refractivity contribution >= 4 is 22.0 Å². The molecule has 6 heteroatoms. The van der Waals surface area contributed by atoms with Crippen molar-refractivity contribution in [3.05, 3.63) is 34.3 Å². The first-order valence-electron chi connectivity index (χ1n) is 4.55. The Kier molecular flexibility index (Phi) is 2.84. The summed E-state index contributed by atoms with van der Waals surface area (Å²) in [6, 6.07) is 5.03. The van der Waals surface area contributed by atoms with Crippen molar-refractivity contribution in [2.24, 2.45) is 0 Å². The molecule has 1 heterocycles. The second-order valence-corrected chi connectivity index (χ2v) is 4.38. The smallest absolute Gasteiger partial charge is 0.408 e. The monoisotopic (exact) mass is 291 g/mol. The molecule has 1 aromatic rings. The number of alkyl halides is 2. The highest BCUT2D eigenvalue weighted by atomic mass is 79.9. The number of benzene rings is 1. The fourth-order valence-corrected chi connectivity index (χ4v) is 1.76. The molecule has 1 amide bonds. The van der Waals surface area contributed by atoms with Gasteiger partial charge in [0, 0.05) is 4.47 Å². The molecule has 0 aliphatic carbocycles. The molecule has 0 unspecified atom stereocenters. The number of alkyl carbamates (subject to hydrolysis) is 1. The number of hydrogen-bond acceptors (Lipinski definition) is 2. The number of nitrogens with one attached hydrogen (secondary N) is 1. The number of amides is 1. The van der Waals surface area contributed by atoms with Gasteiger partial charge in [-0.1, -0.05) is 28.1 Å².